The van der Waals surface area contributed by atoms with Gasteiger partial charge < -0.3 is 10.1 Å². The lowest BCUT2D eigenvalue weighted by Gasteiger charge is -2.19. The molecule has 1 aromatic heterocycles. The maximum atomic E-state index is 13.7. The number of nitrogens with one attached hydrogen (secondary N) is 1. The number of carbonyl (C=O) groups excluding carboxylic acids is 2. The minimum Gasteiger partial charge on any atom is -0.438 e. The fraction of sp³-hybridized carbons (Fsp3) is 0.261. The van der Waals surface area contributed by atoms with Crippen LogP contribution in [0.3, 0.4) is 0 Å². The lowest BCUT2D eigenvalue weighted by Crippen LogP contribution is -2.35. The molecule has 0 bridgehead atoms. The van der Waals surface area contributed by atoms with Crippen molar-refractivity contribution >= 4 is 23.3 Å². The molecule has 0 aliphatic heterocycles. The average Bonchev–Trinajstić information content (AvgIpc) is 3.46. The highest BCUT2D eigenvalue weighted by atomic mass is 35.5. The fourth-order valence-corrected chi connectivity index (χ4v) is 3.67. The lowest BCUT2D eigenvalue weighted by atomic mass is 10.0. The first kappa shape index (κ1) is 22.0. The largest absolute Gasteiger partial charge is 0.438 e. The number of aromatic nitrogens is 2. The summed E-state index contributed by atoms with van der Waals surface area (Å²) in [5.41, 5.74) is -0.292. The Hall–Kier alpha value is -3.26. The fourth-order valence-electron chi connectivity index (χ4n) is 3.54. The Morgan fingerprint density at radius 3 is 2.28 bits per heavy atom. The van der Waals surface area contributed by atoms with E-state index in [4.69, 9.17) is 16.3 Å². The Bertz CT molecular complexity index is 1170. The molecule has 0 atom stereocenters. The number of benzene rings is 2. The van der Waals surface area contributed by atoms with Crippen LogP contribution in [0.4, 0.5) is 8.78 Å². The molecule has 1 amide bonds. The summed E-state index contributed by atoms with van der Waals surface area (Å²) in [6, 6.07) is 13.2. The van der Waals surface area contributed by atoms with Crippen molar-refractivity contribution in [3.63, 3.8) is 0 Å². The highest BCUT2D eigenvalue weighted by Gasteiger charge is 2.47. The summed E-state index contributed by atoms with van der Waals surface area (Å²) >= 11 is 5.88. The number of halogens is 3. The molecular weight excluding hydrogens is 440 g/mol. The highest BCUT2D eigenvalue weighted by Crippen LogP contribution is 2.46. The van der Waals surface area contributed by atoms with Gasteiger partial charge in [0.25, 0.3) is 12.3 Å². The second-order valence-electron chi connectivity index (χ2n) is 7.72. The van der Waals surface area contributed by atoms with Gasteiger partial charge in [0, 0.05) is 17.6 Å². The number of hydrogen-bond acceptors (Lipinski definition) is 4. The summed E-state index contributed by atoms with van der Waals surface area (Å²) in [6.07, 6.45) is -1.67. The van der Waals surface area contributed by atoms with Gasteiger partial charge in [-0.25, -0.2) is 13.5 Å². The number of alkyl halides is 2. The van der Waals surface area contributed by atoms with Gasteiger partial charge in [0.1, 0.15) is 17.0 Å². The van der Waals surface area contributed by atoms with Crippen LogP contribution >= 0.6 is 11.6 Å². The monoisotopic (exact) mass is 459 g/mol. The lowest BCUT2D eigenvalue weighted by molar-refractivity contribution is 0.0913. The van der Waals surface area contributed by atoms with E-state index >= 15 is 0 Å². The van der Waals surface area contributed by atoms with Crippen molar-refractivity contribution in [1.29, 1.82) is 0 Å². The van der Waals surface area contributed by atoms with Gasteiger partial charge in [-0.1, -0.05) is 35.9 Å². The molecule has 1 heterocycles. The maximum absolute atomic E-state index is 13.7. The van der Waals surface area contributed by atoms with E-state index < -0.39 is 23.6 Å². The first-order valence-electron chi connectivity index (χ1n) is 9.92. The van der Waals surface area contributed by atoms with Crippen molar-refractivity contribution in [3.8, 4) is 11.6 Å². The van der Waals surface area contributed by atoms with Gasteiger partial charge in [-0.3, -0.25) is 9.59 Å². The molecule has 32 heavy (non-hydrogen) atoms. The Kier molecular flexibility index (Phi) is 5.73. The van der Waals surface area contributed by atoms with Gasteiger partial charge in [-0.05, 0) is 49.6 Å². The molecule has 0 saturated heterocycles. The molecule has 0 radical (unpaired) electrons. The number of carbonyl (C=O) groups is 2. The summed E-state index contributed by atoms with van der Waals surface area (Å²) < 4.78 is 34.3. The third kappa shape index (κ3) is 4.23. The van der Waals surface area contributed by atoms with Gasteiger partial charge >= 0.3 is 0 Å². The number of rotatable bonds is 7. The number of hydrogen-bond donors (Lipinski definition) is 1. The van der Waals surface area contributed by atoms with E-state index in [1.807, 2.05) is 0 Å². The third-order valence-electron chi connectivity index (χ3n) is 5.43. The second kappa shape index (κ2) is 8.35. The standard InChI is InChI=1S/C23H20ClF2N3O3/c1-13(30)14-3-5-15(6-4-14)23(11-12-23)27-21(31)18-19(20(25)26)28-29(2)22(18)32-17-9-7-16(24)8-10-17/h3-10,20H,11-12H2,1-2H3,(H,27,31). The smallest absolute Gasteiger partial charge is 0.283 e. The number of aryl methyl sites for hydroxylation is 1. The Balaban J connectivity index is 1.65. The molecule has 1 N–H and O–H groups in total. The van der Waals surface area contributed by atoms with Crippen LogP contribution < -0.4 is 10.1 Å². The number of amides is 1. The normalized spacial score (nSPS) is 14.3. The van der Waals surface area contributed by atoms with E-state index in [2.05, 4.69) is 10.4 Å². The second-order valence-corrected chi connectivity index (χ2v) is 8.15. The molecule has 6 nitrogen and oxygen atoms in total. The molecule has 3 aromatic rings. The van der Waals surface area contributed by atoms with Crippen molar-refractivity contribution < 1.29 is 23.1 Å². The van der Waals surface area contributed by atoms with Crippen molar-refractivity contribution in [3.05, 3.63) is 75.9 Å². The van der Waals surface area contributed by atoms with Crippen LogP contribution in [0.25, 0.3) is 0 Å². The molecule has 1 saturated carbocycles. The summed E-state index contributed by atoms with van der Waals surface area (Å²) in [7, 11) is 1.43. The van der Waals surface area contributed by atoms with Gasteiger partial charge in [0.2, 0.25) is 5.88 Å². The number of ketones is 1. The van der Waals surface area contributed by atoms with Crippen molar-refractivity contribution in [2.24, 2.45) is 7.05 Å². The molecule has 0 unspecified atom stereocenters. The van der Waals surface area contributed by atoms with Crippen molar-refractivity contribution in [1.82, 2.24) is 15.1 Å². The van der Waals surface area contributed by atoms with Crippen molar-refractivity contribution in [2.75, 3.05) is 0 Å². The summed E-state index contributed by atoms with van der Waals surface area (Å²) in [4.78, 5) is 24.7. The number of ether oxygens (including phenoxy) is 1. The quantitative estimate of drug-likeness (QED) is 0.478. The average molecular weight is 460 g/mol. The van der Waals surface area contributed by atoms with E-state index in [9.17, 15) is 18.4 Å². The van der Waals surface area contributed by atoms with Gasteiger partial charge in [-0.15, -0.1) is 0 Å². The van der Waals surface area contributed by atoms with Crippen LogP contribution in [0, 0.1) is 0 Å². The molecule has 0 spiro atoms. The zero-order valence-corrected chi connectivity index (χ0v) is 18.1. The predicted molar refractivity (Wildman–Crippen MR) is 115 cm³/mol. The van der Waals surface area contributed by atoms with Gasteiger partial charge in [0.15, 0.2) is 5.78 Å². The van der Waals surface area contributed by atoms with E-state index in [0.717, 1.165) is 10.2 Å². The van der Waals surface area contributed by atoms with Crippen LogP contribution in [0.15, 0.2) is 48.5 Å². The van der Waals surface area contributed by atoms with E-state index in [1.54, 1.807) is 48.5 Å². The first-order valence-corrected chi connectivity index (χ1v) is 10.3. The number of Topliss-reactive ketones (excluding diaryl/α,β-unsaturated/α-hetero) is 1. The van der Waals surface area contributed by atoms with Gasteiger partial charge in [-0.2, -0.15) is 5.10 Å². The molecular formula is C23H20ClF2N3O3. The molecule has 1 aliphatic carbocycles. The summed E-state index contributed by atoms with van der Waals surface area (Å²) in [5.74, 6) is -0.534. The maximum Gasteiger partial charge on any atom is 0.283 e. The zero-order chi connectivity index (χ0) is 23.0. The minimum absolute atomic E-state index is 0.0636. The minimum atomic E-state index is -2.96. The Morgan fingerprint density at radius 2 is 1.75 bits per heavy atom. The van der Waals surface area contributed by atoms with Crippen molar-refractivity contribution in [2.45, 2.75) is 31.7 Å². The SMILES string of the molecule is CC(=O)c1ccc(C2(NC(=O)c3c(C(F)F)nn(C)c3Oc3ccc(Cl)cc3)CC2)cc1. The molecule has 1 aliphatic rings. The van der Waals surface area contributed by atoms with E-state index in [1.165, 1.54) is 14.0 Å². The Labute approximate surface area is 188 Å². The predicted octanol–water partition coefficient (Wildman–Crippen LogP) is 5.43. The first-order chi connectivity index (χ1) is 15.2. The Morgan fingerprint density at radius 1 is 1.12 bits per heavy atom. The molecule has 1 fully saturated rings. The summed E-state index contributed by atoms with van der Waals surface area (Å²) in [6.45, 7) is 1.47. The van der Waals surface area contributed by atoms with E-state index in [-0.39, 0.29) is 17.2 Å². The molecule has 9 heteroatoms. The van der Waals surface area contributed by atoms with Crippen LogP contribution in [-0.4, -0.2) is 21.5 Å². The van der Waals surface area contributed by atoms with Crippen LogP contribution in [-0.2, 0) is 12.6 Å². The van der Waals surface area contributed by atoms with Crippen LogP contribution in [0.2, 0.25) is 5.02 Å². The van der Waals surface area contributed by atoms with E-state index in [0.29, 0.717) is 29.2 Å². The van der Waals surface area contributed by atoms with Crippen LogP contribution in [0.5, 0.6) is 11.6 Å². The zero-order valence-electron chi connectivity index (χ0n) is 17.4. The highest BCUT2D eigenvalue weighted by molar-refractivity contribution is 6.30. The molecule has 166 valence electrons. The molecule has 2 aromatic carbocycles. The summed E-state index contributed by atoms with van der Waals surface area (Å²) in [5, 5.41) is 7.18. The van der Waals surface area contributed by atoms with Gasteiger partial charge in [0.05, 0.1) is 5.54 Å². The van der Waals surface area contributed by atoms with Crippen LogP contribution in [0.1, 0.15) is 58.2 Å². The topological polar surface area (TPSA) is 73.2 Å². The number of nitrogens with zero attached hydrogens (tertiary/aromatic N) is 2. The molecule has 4 rings (SSSR count). The third-order valence-corrected chi connectivity index (χ3v) is 5.68.